The molecule has 0 spiro atoms. The molecular formula is C27H27N4+. The molecule has 0 aliphatic heterocycles. The van der Waals surface area contributed by atoms with E-state index in [2.05, 4.69) is 107 Å². The number of rotatable bonds is 6. The highest BCUT2D eigenvalue weighted by atomic mass is 15.1. The monoisotopic (exact) mass is 407 g/mol. The lowest BCUT2D eigenvalue weighted by Crippen LogP contribution is -2.33. The molecule has 3 heterocycles. The fourth-order valence-corrected chi connectivity index (χ4v) is 3.26. The molecule has 0 fully saturated rings. The number of hydrogen-bond acceptors (Lipinski definition) is 3. The topological polar surface area (TPSA) is 32.9 Å². The largest absolute Gasteiger partial charge is 0.378 e. The zero-order chi connectivity index (χ0) is 21.6. The van der Waals surface area contributed by atoms with Crippen molar-refractivity contribution in [2.75, 3.05) is 19.0 Å². The van der Waals surface area contributed by atoms with Crippen LogP contribution in [0.4, 0.5) is 5.69 Å². The van der Waals surface area contributed by atoms with Crippen LogP contribution in [0, 0.1) is 6.92 Å². The summed E-state index contributed by atoms with van der Waals surface area (Å²) in [7, 11) is 4.10. The number of aryl methyl sites for hydroxylation is 1. The molecule has 3 aromatic heterocycles. The zero-order valence-electron chi connectivity index (χ0n) is 18.2. The van der Waals surface area contributed by atoms with E-state index in [1.807, 2.05) is 31.5 Å². The van der Waals surface area contributed by atoms with Crippen LogP contribution in [0.25, 0.3) is 23.5 Å². The quantitative estimate of drug-likeness (QED) is 0.421. The standard InChI is InChI=1S/C27H27N4/c1-21-4-12-26(28-18-21)27-13-9-24(19-29-27)20-31-16-14-23(15-17-31)6-5-22-7-10-25(11-8-22)30(2)3/h4-19H,20H2,1-3H3/q+1. The van der Waals surface area contributed by atoms with Gasteiger partial charge in [-0.2, -0.15) is 0 Å². The van der Waals surface area contributed by atoms with E-state index in [0.29, 0.717) is 0 Å². The first-order valence-electron chi connectivity index (χ1n) is 10.4. The van der Waals surface area contributed by atoms with Crippen molar-refractivity contribution in [3.05, 3.63) is 108 Å². The minimum Gasteiger partial charge on any atom is -0.378 e. The lowest BCUT2D eigenvalue weighted by Gasteiger charge is -2.11. The van der Waals surface area contributed by atoms with Crippen LogP contribution in [0.15, 0.2) is 85.5 Å². The number of hydrogen-bond donors (Lipinski definition) is 0. The van der Waals surface area contributed by atoms with Gasteiger partial charge in [0.1, 0.15) is 0 Å². The normalized spacial score (nSPS) is 11.1. The van der Waals surface area contributed by atoms with Crippen molar-refractivity contribution in [1.29, 1.82) is 0 Å². The third kappa shape index (κ3) is 5.43. The molecule has 0 amide bonds. The van der Waals surface area contributed by atoms with Crippen molar-refractivity contribution < 1.29 is 4.57 Å². The predicted molar refractivity (Wildman–Crippen MR) is 128 cm³/mol. The zero-order valence-corrected chi connectivity index (χ0v) is 18.2. The summed E-state index contributed by atoms with van der Waals surface area (Å²) in [6, 6.07) is 21.0. The molecule has 31 heavy (non-hydrogen) atoms. The lowest BCUT2D eigenvalue weighted by molar-refractivity contribution is -0.688. The second-order valence-electron chi connectivity index (χ2n) is 7.90. The molecule has 4 rings (SSSR count). The molecule has 4 heteroatoms. The van der Waals surface area contributed by atoms with Crippen molar-refractivity contribution in [2.45, 2.75) is 13.5 Å². The predicted octanol–water partition coefficient (Wildman–Crippen LogP) is 5.02. The van der Waals surface area contributed by atoms with Gasteiger partial charge in [0.2, 0.25) is 0 Å². The minimum absolute atomic E-state index is 0.782. The average Bonchev–Trinajstić information content (AvgIpc) is 2.80. The fraction of sp³-hybridized carbons (Fsp3) is 0.148. The van der Waals surface area contributed by atoms with Gasteiger partial charge in [-0.05, 0) is 53.9 Å². The second kappa shape index (κ2) is 9.35. The molecular weight excluding hydrogens is 380 g/mol. The van der Waals surface area contributed by atoms with Gasteiger partial charge < -0.3 is 4.90 Å². The summed E-state index contributed by atoms with van der Waals surface area (Å²) in [6.45, 7) is 2.82. The van der Waals surface area contributed by atoms with E-state index in [1.54, 1.807) is 0 Å². The molecule has 4 nitrogen and oxygen atoms in total. The Labute approximate surface area is 184 Å². The van der Waals surface area contributed by atoms with E-state index in [-0.39, 0.29) is 0 Å². The van der Waals surface area contributed by atoms with E-state index in [1.165, 1.54) is 16.8 Å². The van der Waals surface area contributed by atoms with Crippen molar-refractivity contribution in [2.24, 2.45) is 0 Å². The molecule has 4 aromatic rings. The Morgan fingerprint density at radius 1 is 0.742 bits per heavy atom. The van der Waals surface area contributed by atoms with E-state index < -0.39 is 0 Å². The molecule has 1 aromatic carbocycles. The third-order valence-corrected chi connectivity index (χ3v) is 5.16. The van der Waals surface area contributed by atoms with Crippen LogP contribution in [0.1, 0.15) is 22.3 Å². The molecule has 0 aliphatic rings. The van der Waals surface area contributed by atoms with Gasteiger partial charge >= 0.3 is 0 Å². The summed E-state index contributed by atoms with van der Waals surface area (Å²) in [5.41, 5.74) is 7.67. The summed E-state index contributed by atoms with van der Waals surface area (Å²) in [5.74, 6) is 0. The Morgan fingerprint density at radius 2 is 1.35 bits per heavy atom. The Bertz CT molecular complexity index is 1140. The van der Waals surface area contributed by atoms with Crippen LogP contribution in [0.5, 0.6) is 0 Å². The maximum Gasteiger partial charge on any atom is 0.175 e. The molecule has 0 aliphatic carbocycles. The summed E-state index contributed by atoms with van der Waals surface area (Å²) in [6.07, 6.45) is 12.3. The fourth-order valence-electron chi connectivity index (χ4n) is 3.26. The summed E-state index contributed by atoms with van der Waals surface area (Å²) >= 11 is 0. The van der Waals surface area contributed by atoms with Crippen molar-refractivity contribution in [1.82, 2.24) is 9.97 Å². The summed E-state index contributed by atoms with van der Waals surface area (Å²) in [5, 5.41) is 0. The molecule has 0 radical (unpaired) electrons. The van der Waals surface area contributed by atoms with E-state index in [0.717, 1.165) is 29.1 Å². The third-order valence-electron chi connectivity index (χ3n) is 5.16. The average molecular weight is 408 g/mol. The smallest absolute Gasteiger partial charge is 0.175 e. The number of nitrogens with zero attached hydrogens (tertiary/aromatic N) is 4. The molecule has 0 saturated heterocycles. The van der Waals surface area contributed by atoms with Crippen LogP contribution in [0.3, 0.4) is 0 Å². The number of anilines is 1. The molecule has 0 saturated carbocycles. The van der Waals surface area contributed by atoms with Gasteiger partial charge in [-0.3, -0.25) is 9.97 Å². The first-order chi connectivity index (χ1) is 15.1. The first kappa shape index (κ1) is 20.5. The van der Waals surface area contributed by atoms with Gasteiger partial charge in [0.05, 0.1) is 11.4 Å². The highest BCUT2D eigenvalue weighted by molar-refractivity contribution is 5.70. The first-order valence-corrected chi connectivity index (χ1v) is 10.4. The lowest BCUT2D eigenvalue weighted by atomic mass is 10.1. The van der Waals surface area contributed by atoms with Gasteiger partial charge in [0.15, 0.2) is 18.9 Å². The molecule has 0 bridgehead atoms. The van der Waals surface area contributed by atoms with E-state index in [9.17, 15) is 0 Å². The van der Waals surface area contributed by atoms with Gasteiger partial charge in [-0.25, -0.2) is 4.57 Å². The van der Waals surface area contributed by atoms with E-state index >= 15 is 0 Å². The maximum atomic E-state index is 4.58. The summed E-state index contributed by atoms with van der Waals surface area (Å²) < 4.78 is 2.16. The van der Waals surface area contributed by atoms with Crippen LogP contribution in [0.2, 0.25) is 0 Å². The number of benzene rings is 1. The molecule has 154 valence electrons. The van der Waals surface area contributed by atoms with Crippen LogP contribution in [-0.4, -0.2) is 24.1 Å². The van der Waals surface area contributed by atoms with Crippen LogP contribution >= 0.6 is 0 Å². The minimum atomic E-state index is 0.782. The van der Waals surface area contributed by atoms with Crippen molar-refractivity contribution in [3.8, 4) is 11.4 Å². The van der Waals surface area contributed by atoms with Crippen molar-refractivity contribution in [3.63, 3.8) is 0 Å². The number of pyridine rings is 3. The summed E-state index contributed by atoms with van der Waals surface area (Å²) in [4.78, 5) is 11.1. The van der Waals surface area contributed by atoms with Gasteiger partial charge in [-0.1, -0.05) is 30.4 Å². The highest BCUT2D eigenvalue weighted by Gasteiger charge is 2.05. The SMILES string of the molecule is Cc1ccc(-c2ccc(C[n+]3ccc(/C=C/c4ccc(N(C)C)cc4)cc3)cn2)nc1. The Kier molecular flexibility index (Phi) is 6.18. The molecule has 0 N–H and O–H groups in total. The highest BCUT2D eigenvalue weighted by Crippen LogP contribution is 2.16. The van der Waals surface area contributed by atoms with Crippen LogP contribution < -0.4 is 9.47 Å². The van der Waals surface area contributed by atoms with Crippen LogP contribution in [-0.2, 0) is 6.54 Å². The van der Waals surface area contributed by atoms with Gasteiger partial charge in [0, 0.05) is 49.9 Å². The molecule has 0 atom stereocenters. The molecule has 0 unspecified atom stereocenters. The van der Waals surface area contributed by atoms with E-state index in [4.69, 9.17) is 0 Å². The Morgan fingerprint density at radius 3 is 1.90 bits per heavy atom. The van der Waals surface area contributed by atoms with Crippen molar-refractivity contribution >= 4 is 17.8 Å². The number of aromatic nitrogens is 3. The van der Waals surface area contributed by atoms with Gasteiger partial charge in [0.25, 0.3) is 0 Å². The maximum absolute atomic E-state index is 4.58. The van der Waals surface area contributed by atoms with Gasteiger partial charge in [-0.15, -0.1) is 0 Å². The second-order valence-corrected chi connectivity index (χ2v) is 7.90. The Hall–Kier alpha value is -3.79. The Balaban J connectivity index is 1.38.